The molecule has 0 heterocycles. The summed E-state index contributed by atoms with van der Waals surface area (Å²) in [4.78, 5) is 12.2. The van der Waals surface area contributed by atoms with Gasteiger partial charge in [-0.3, -0.25) is 4.79 Å². The van der Waals surface area contributed by atoms with Gasteiger partial charge in [-0.15, -0.1) is 0 Å². The van der Waals surface area contributed by atoms with Crippen molar-refractivity contribution in [1.29, 1.82) is 0 Å². The fourth-order valence-corrected chi connectivity index (χ4v) is 3.58. The highest BCUT2D eigenvalue weighted by atomic mass is 16.3. The van der Waals surface area contributed by atoms with Crippen LogP contribution in [0.2, 0.25) is 0 Å². The molecule has 0 radical (unpaired) electrons. The van der Waals surface area contributed by atoms with E-state index in [4.69, 9.17) is 0 Å². The molecule has 1 aromatic rings. The molecule has 21 heavy (non-hydrogen) atoms. The molecule has 0 unspecified atom stereocenters. The van der Waals surface area contributed by atoms with Crippen LogP contribution in [0.4, 0.5) is 0 Å². The van der Waals surface area contributed by atoms with Crippen molar-refractivity contribution >= 4 is 11.6 Å². The fraction of sp³-hybridized carbons (Fsp3) is 0.529. The molecule has 0 aromatic heterocycles. The van der Waals surface area contributed by atoms with Gasteiger partial charge in [0.1, 0.15) is 5.75 Å². The molecule has 2 atom stereocenters. The first-order chi connectivity index (χ1) is 10.2. The number of hydrogen-bond acceptors (Lipinski definition) is 3. The van der Waals surface area contributed by atoms with Gasteiger partial charge >= 0.3 is 0 Å². The van der Waals surface area contributed by atoms with Gasteiger partial charge < -0.3 is 5.11 Å². The molecule has 0 spiro atoms. The van der Waals surface area contributed by atoms with Crippen LogP contribution in [0.1, 0.15) is 44.6 Å². The van der Waals surface area contributed by atoms with Gasteiger partial charge in [-0.2, -0.15) is 5.10 Å². The molecule has 0 aliphatic heterocycles. The van der Waals surface area contributed by atoms with Crippen molar-refractivity contribution in [3.05, 3.63) is 29.8 Å². The summed E-state index contributed by atoms with van der Waals surface area (Å²) in [7, 11) is 0. The first-order valence-electron chi connectivity index (χ1n) is 7.86. The number of hydrogen-bond donors (Lipinski definition) is 2. The molecule has 1 amide bonds. The lowest BCUT2D eigenvalue weighted by Gasteiger charge is -2.05. The molecule has 4 nitrogen and oxygen atoms in total. The molecule has 0 bridgehead atoms. The molecule has 1 aromatic carbocycles. The monoisotopic (exact) mass is 286 g/mol. The normalized spacial score (nSPS) is 27.9. The average Bonchev–Trinajstić information content (AvgIpc) is 3.24. The Morgan fingerprint density at radius 1 is 1.24 bits per heavy atom. The van der Waals surface area contributed by atoms with E-state index in [1.54, 1.807) is 12.1 Å². The predicted octanol–water partition coefficient (Wildman–Crippen LogP) is 3.06. The van der Waals surface area contributed by atoms with Crippen LogP contribution in [0.3, 0.4) is 0 Å². The Hall–Kier alpha value is -1.84. The molecular formula is C17H22N2O2. The van der Waals surface area contributed by atoms with E-state index in [1.165, 1.54) is 25.7 Å². The van der Waals surface area contributed by atoms with Crippen molar-refractivity contribution in [2.45, 2.75) is 39.0 Å². The van der Waals surface area contributed by atoms with Crippen molar-refractivity contribution in [3.8, 4) is 5.75 Å². The SMILES string of the molecule is CC/C(=N\NC(=O)C1[C@@H]2CCCC[C@@H]12)c1ccc(O)cc1. The third-order valence-electron chi connectivity index (χ3n) is 4.80. The number of carbonyl (C=O) groups excluding carboxylic acids is 1. The van der Waals surface area contributed by atoms with E-state index in [0.29, 0.717) is 11.8 Å². The molecule has 112 valence electrons. The lowest BCUT2D eigenvalue weighted by molar-refractivity contribution is -0.122. The van der Waals surface area contributed by atoms with Crippen molar-refractivity contribution in [3.63, 3.8) is 0 Å². The largest absolute Gasteiger partial charge is 0.508 e. The number of nitrogens with zero attached hydrogens (tertiary/aromatic N) is 1. The van der Waals surface area contributed by atoms with E-state index in [-0.39, 0.29) is 17.6 Å². The maximum atomic E-state index is 12.2. The summed E-state index contributed by atoms with van der Waals surface area (Å²) in [5.74, 6) is 1.71. The van der Waals surface area contributed by atoms with E-state index >= 15 is 0 Å². The standard InChI is InChI=1S/C17H22N2O2/c1-2-15(11-7-9-12(20)10-8-11)18-19-17(21)16-13-5-3-4-6-14(13)16/h7-10,13-14,16,20H,2-6H2,1H3,(H,19,21)/b18-15+/t13-,14-/m1/s1. The minimum absolute atomic E-state index is 0.0802. The second kappa shape index (κ2) is 5.88. The van der Waals surface area contributed by atoms with Gasteiger partial charge in [-0.1, -0.05) is 19.8 Å². The van der Waals surface area contributed by atoms with Crippen LogP contribution in [0.25, 0.3) is 0 Å². The number of amides is 1. The summed E-state index contributed by atoms with van der Waals surface area (Å²) in [6, 6.07) is 6.91. The van der Waals surface area contributed by atoms with Gasteiger partial charge in [-0.05, 0) is 60.9 Å². The number of hydrazone groups is 1. The Bertz CT molecular complexity index is 538. The molecule has 2 fully saturated rings. The fourth-order valence-electron chi connectivity index (χ4n) is 3.58. The summed E-state index contributed by atoms with van der Waals surface area (Å²) in [6.45, 7) is 2.01. The summed E-state index contributed by atoms with van der Waals surface area (Å²) in [5.41, 5.74) is 4.53. The van der Waals surface area contributed by atoms with Gasteiger partial charge in [0.25, 0.3) is 0 Å². The van der Waals surface area contributed by atoms with Gasteiger partial charge in [0.15, 0.2) is 0 Å². The Labute approximate surface area is 125 Å². The number of phenolic OH excluding ortho intramolecular Hbond substituents is 1. The topological polar surface area (TPSA) is 61.7 Å². The Morgan fingerprint density at radius 3 is 2.43 bits per heavy atom. The highest BCUT2D eigenvalue weighted by molar-refractivity contribution is 6.01. The zero-order valence-electron chi connectivity index (χ0n) is 12.4. The van der Waals surface area contributed by atoms with E-state index in [0.717, 1.165) is 17.7 Å². The zero-order chi connectivity index (χ0) is 14.8. The molecular weight excluding hydrogens is 264 g/mol. The van der Waals surface area contributed by atoms with Crippen molar-refractivity contribution in [1.82, 2.24) is 5.43 Å². The van der Waals surface area contributed by atoms with Gasteiger partial charge in [-0.25, -0.2) is 5.43 Å². The van der Waals surface area contributed by atoms with E-state index in [1.807, 2.05) is 19.1 Å². The average molecular weight is 286 g/mol. The Balaban J connectivity index is 1.63. The van der Waals surface area contributed by atoms with Crippen LogP contribution in [-0.2, 0) is 4.79 Å². The summed E-state index contributed by atoms with van der Waals surface area (Å²) in [6.07, 6.45) is 5.67. The Kier molecular flexibility index (Phi) is 3.95. The van der Waals surface area contributed by atoms with Gasteiger partial charge in [0.05, 0.1) is 5.71 Å². The van der Waals surface area contributed by atoms with Crippen LogP contribution in [0, 0.1) is 17.8 Å². The lowest BCUT2D eigenvalue weighted by Crippen LogP contribution is -2.22. The molecule has 4 heteroatoms. The molecule has 2 aliphatic carbocycles. The lowest BCUT2D eigenvalue weighted by atomic mass is 10.0. The first kappa shape index (κ1) is 14.1. The third kappa shape index (κ3) is 2.94. The van der Waals surface area contributed by atoms with Crippen LogP contribution < -0.4 is 5.43 Å². The number of fused-ring (bicyclic) bond motifs is 1. The molecule has 2 N–H and O–H groups in total. The van der Waals surface area contributed by atoms with Crippen molar-refractivity contribution in [2.75, 3.05) is 0 Å². The second-order valence-corrected chi connectivity index (χ2v) is 6.07. The van der Waals surface area contributed by atoms with Gasteiger partial charge in [0, 0.05) is 5.92 Å². The van der Waals surface area contributed by atoms with E-state index < -0.39 is 0 Å². The highest BCUT2D eigenvalue weighted by Crippen LogP contribution is 2.55. The number of benzene rings is 1. The summed E-state index contributed by atoms with van der Waals surface area (Å²) >= 11 is 0. The highest BCUT2D eigenvalue weighted by Gasteiger charge is 2.54. The second-order valence-electron chi connectivity index (χ2n) is 6.07. The molecule has 2 aliphatic rings. The molecule has 2 saturated carbocycles. The third-order valence-corrected chi connectivity index (χ3v) is 4.80. The number of rotatable bonds is 4. The van der Waals surface area contributed by atoms with Crippen molar-refractivity contribution in [2.24, 2.45) is 22.9 Å². The van der Waals surface area contributed by atoms with Crippen molar-refractivity contribution < 1.29 is 9.90 Å². The van der Waals surface area contributed by atoms with Crippen LogP contribution in [0.5, 0.6) is 5.75 Å². The number of phenols is 1. The maximum absolute atomic E-state index is 12.2. The molecule has 0 saturated heterocycles. The quantitative estimate of drug-likeness (QED) is 0.660. The minimum atomic E-state index is 0.0802. The van der Waals surface area contributed by atoms with Crippen LogP contribution in [-0.4, -0.2) is 16.7 Å². The number of carbonyl (C=O) groups is 1. The first-order valence-corrected chi connectivity index (χ1v) is 7.86. The minimum Gasteiger partial charge on any atom is -0.508 e. The number of aromatic hydroxyl groups is 1. The van der Waals surface area contributed by atoms with E-state index in [2.05, 4.69) is 10.5 Å². The van der Waals surface area contributed by atoms with E-state index in [9.17, 15) is 9.90 Å². The van der Waals surface area contributed by atoms with Crippen LogP contribution in [0.15, 0.2) is 29.4 Å². The molecule has 3 rings (SSSR count). The van der Waals surface area contributed by atoms with Crippen LogP contribution >= 0.6 is 0 Å². The maximum Gasteiger partial charge on any atom is 0.243 e. The van der Waals surface area contributed by atoms with Gasteiger partial charge in [0.2, 0.25) is 5.91 Å². The summed E-state index contributed by atoms with van der Waals surface area (Å²) in [5, 5.41) is 13.6. The summed E-state index contributed by atoms with van der Waals surface area (Å²) < 4.78 is 0. The smallest absolute Gasteiger partial charge is 0.243 e. The predicted molar refractivity (Wildman–Crippen MR) is 82.0 cm³/mol. The number of nitrogens with one attached hydrogen (secondary N) is 1. The Morgan fingerprint density at radius 2 is 1.86 bits per heavy atom. The zero-order valence-corrected chi connectivity index (χ0v) is 12.4.